The van der Waals surface area contributed by atoms with Gasteiger partial charge in [-0.1, -0.05) is 87.1 Å². The highest BCUT2D eigenvalue weighted by atomic mass is 19.1. The molecule has 4 aromatic rings. The fraction of sp³-hybridized carbons (Fsp3) is 0.257. The highest BCUT2D eigenvalue weighted by Gasteiger charge is 2.07. The van der Waals surface area contributed by atoms with E-state index in [1.54, 1.807) is 0 Å². The fourth-order valence-electron chi connectivity index (χ4n) is 4.23. The largest absolute Gasteiger partial charge is 0.206 e. The van der Waals surface area contributed by atoms with Gasteiger partial charge in [-0.2, -0.15) is 0 Å². The summed E-state index contributed by atoms with van der Waals surface area (Å²) in [6.07, 6.45) is 7.65. The van der Waals surface area contributed by atoms with Crippen LogP contribution < -0.4 is 0 Å². The van der Waals surface area contributed by atoms with Crippen LogP contribution in [0.2, 0.25) is 0 Å². The van der Waals surface area contributed by atoms with Gasteiger partial charge in [0.2, 0.25) is 0 Å². The molecule has 0 aliphatic heterocycles. The predicted octanol–water partition coefficient (Wildman–Crippen LogP) is 8.85. The van der Waals surface area contributed by atoms with E-state index in [4.69, 9.17) is 0 Å². The van der Waals surface area contributed by atoms with Crippen molar-refractivity contribution < 1.29 is 4.39 Å². The Bertz CT molecular complexity index is 1420. The summed E-state index contributed by atoms with van der Waals surface area (Å²) in [5.74, 6) is 12.8. The summed E-state index contributed by atoms with van der Waals surface area (Å²) < 4.78 is 14.9. The van der Waals surface area contributed by atoms with E-state index in [0.29, 0.717) is 5.39 Å². The van der Waals surface area contributed by atoms with Crippen molar-refractivity contribution in [1.29, 1.82) is 0 Å². The number of aryl methyl sites for hydroxylation is 2. The van der Waals surface area contributed by atoms with Gasteiger partial charge in [0.15, 0.2) is 0 Å². The van der Waals surface area contributed by atoms with E-state index in [0.717, 1.165) is 65.3 Å². The molecular weight excluding hydrogens is 439 g/mol. The molecule has 0 nitrogen and oxygen atoms in total. The van der Waals surface area contributed by atoms with Gasteiger partial charge in [0.05, 0.1) is 0 Å². The lowest BCUT2D eigenvalue weighted by Gasteiger charge is -2.07. The highest BCUT2D eigenvalue weighted by Crippen LogP contribution is 2.23. The van der Waals surface area contributed by atoms with Crippen molar-refractivity contribution in [2.24, 2.45) is 0 Å². The molecule has 0 aliphatic rings. The standard InChI is InChI=1S/C35H33F/c1-3-5-7-9-32-23-24-33-26-31(22-25-34(33)35(32)36)21-20-30-18-16-29(17-19-30)15-14-28-12-10-27(11-13-28)8-6-4-2/h10-13,16-19,22-26H,3-9H2,1-2H3. The smallest absolute Gasteiger partial charge is 0.134 e. The molecule has 0 saturated carbocycles. The average Bonchev–Trinajstić information content (AvgIpc) is 2.92. The zero-order valence-electron chi connectivity index (χ0n) is 21.3. The lowest BCUT2D eigenvalue weighted by molar-refractivity contribution is 0.609. The van der Waals surface area contributed by atoms with E-state index in [2.05, 4.69) is 61.8 Å². The maximum Gasteiger partial charge on any atom is 0.134 e. The SMILES string of the molecule is CCCCCc1ccc2cc(C#Cc3ccc(C#Cc4ccc(CCCC)cc4)cc3)ccc2c1F. The predicted molar refractivity (Wildman–Crippen MR) is 151 cm³/mol. The Morgan fingerprint density at radius 1 is 0.556 bits per heavy atom. The summed E-state index contributed by atoms with van der Waals surface area (Å²) in [5, 5.41) is 1.57. The summed E-state index contributed by atoms with van der Waals surface area (Å²) in [4.78, 5) is 0. The van der Waals surface area contributed by atoms with E-state index in [9.17, 15) is 4.39 Å². The number of unbranched alkanes of at least 4 members (excludes halogenated alkanes) is 3. The topological polar surface area (TPSA) is 0 Å². The molecule has 0 unspecified atom stereocenters. The van der Waals surface area contributed by atoms with Gasteiger partial charge >= 0.3 is 0 Å². The van der Waals surface area contributed by atoms with Gasteiger partial charge in [-0.25, -0.2) is 4.39 Å². The molecule has 0 aliphatic carbocycles. The minimum Gasteiger partial charge on any atom is -0.206 e. The zero-order valence-corrected chi connectivity index (χ0v) is 21.3. The van der Waals surface area contributed by atoms with Crippen molar-refractivity contribution in [3.05, 3.63) is 118 Å². The Hall–Kier alpha value is -3.81. The van der Waals surface area contributed by atoms with Crippen LogP contribution in [-0.2, 0) is 12.8 Å². The lowest BCUT2D eigenvalue weighted by Crippen LogP contribution is -1.93. The molecule has 0 bridgehead atoms. The summed E-state index contributed by atoms with van der Waals surface area (Å²) in [6, 6.07) is 26.2. The third kappa shape index (κ3) is 6.87. The Morgan fingerprint density at radius 2 is 1.11 bits per heavy atom. The van der Waals surface area contributed by atoms with Crippen LogP contribution in [0.3, 0.4) is 0 Å². The van der Waals surface area contributed by atoms with E-state index in [1.165, 1.54) is 18.4 Å². The molecule has 36 heavy (non-hydrogen) atoms. The average molecular weight is 473 g/mol. The van der Waals surface area contributed by atoms with E-state index in [1.807, 2.05) is 54.6 Å². The van der Waals surface area contributed by atoms with Crippen LogP contribution >= 0.6 is 0 Å². The summed E-state index contributed by atoms with van der Waals surface area (Å²) in [6.45, 7) is 4.38. The van der Waals surface area contributed by atoms with Crippen molar-refractivity contribution >= 4 is 10.8 Å². The first kappa shape index (κ1) is 25.3. The maximum absolute atomic E-state index is 14.9. The molecule has 0 atom stereocenters. The van der Waals surface area contributed by atoms with Crippen LogP contribution in [0.15, 0.2) is 78.9 Å². The van der Waals surface area contributed by atoms with Crippen LogP contribution in [-0.4, -0.2) is 0 Å². The maximum atomic E-state index is 14.9. The van der Waals surface area contributed by atoms with Gasteiger partial charge in [0.25, 0.3) is 0 Å². The fourth-order valence-corrected chi connectivity index (χ4v) is 4.23. The first-order valence-corrected chi connectivity index (χ1v) is 13.1. The number of fused-ring (bicyclic) bond motifs is 1. The van der Waals surface area contributed by atoms with Crippen molar-refractivity contribution in [3.63, 3.8) is 0 Å². The molecule has 4 aromatic carbocycles. The van der Waals surface area contributed by atoms with Gasteiger partial charge in [-0.15, -0.1) is 0 Å². The molecule has 0 amide bonds. The van der Waals surface area contributed by atoms with Crippen molar-refractivity contribution in [1.82, 2.24) is 0 Å². The molecule has 180 valence electrons. The van der Waals surface area contributed by atoms with E-state index < -0.39 is 0 Å². The molecular formula is C35H33F. The van der Waals surface area contributed by atoms with Gasteiger partial charge in [0.1, 0.15) is 5.82 Å². The zero-order chi connectivity index (χ0) is 25.2. The number of hydrogen-bond acceptors (Lipinski definition) is 0. The number of rotatable bonds is 7. The number of halogens is 1. The van der Waals surface area contributed by atoms with Crippen LogP contribution in [0.5, 0.6) is 0 Å². The van der Waals surface area contributed by atoms with Gasteiger partial charge in [-0.3, -0.25) is 0 Å². The molecule has 0 aromatic heterocycles. The third-order valence-electron chi connectivity index (χ3n) is 6.44. The summed E-state index contributed by atoms with van der Waals surface area (Å²) in [5.41, 5.74) is 5.98. The second kappa shape index (κ2) is 12.8. The molecule has 0 fully saturated rings. The first-order chi connectivity index (χ1) is 17.7. The van der Waals surface area contributed by atoms with Gasteiger partial charge < -0.3 is 0 Å². The van der Waals surface area contributed by atoms with Gasteiger partial charge in [0, 0.05) is 27.6 Å². The van der Waals surface area contributed by atoms with Crippen molar-refractivity contribution in [3.8, 4) is 23.7 Å². The van der Waals surface area contributed by atoms with Crippen molar-refractivity contribution in [2.45, 2.75) is 58.8 Å². The molecule has 0 spiro atoms. The van der Waals surface area contributed by atoms with Crippen LogP contribution in [0.1, 0.15) is 79.3 Å². The summed E-state index contributed by atoms with van der Waals surface area (Å²) >= 11 is 0. The molecule has 0 N–H and O–H groups in total. The monoisotopic (exact) mass is 472 g/mol. The highest BCUT2D eigenvalue weighted by molar-refractivity contribution is 5.85. The molecule has 0 radical (unpaired) electrons. The minimum absolute atomic E-state index is 0.0905. The number of benzene rings is 4. The molecule has 4 rings (SSSR count). The minimum atomic E-state index is -0.0905. The Labute approximate surface area is 215 Å². The van der Waals surface area contributed by atoms with Crippen LogP contribution in [0.4, 0.5) is 4.39 Å². The van der Waals surface area contributed by atoms with Crippen LogP contribution in [0, 0.1) is 29.5 Å². The van der Waals surface area contributed by atoms with Crippen molar-refractivity contribution in [2.75, 3.05) is 0 Å². The Balaban J connectivity index is 1.42. The third-order valence-corrected chi connectivity index (χ3v) is 6.44. The second-order valence-corrected chi connectivity index (χ2v) is 9.31. The second-order valence-electron chi connectivity index (χ2n) is 9.31. The van der Waals surface area contributed by atoms with Gasteiger partial charge in [-0.05, 0) is 90.7 Å². The Kier molecular flexibility index (Phi) is 8.97. The van der Waals surface area contributed by atoms with E-state index in [-0.39, 0.29) is 5.82 Å². The first-order valence-electron chi connectivity index (χ1n) is 13.1. The molecule has 0 saturated heterocycles. The number of hydrogen-bond donors (Lipinski definition) is 0. The molecule has 1 heteroatoms. The quantitative estimate of drug-likeness (QED) is 0.186. The van der Waals surface area contributed by atoms with E-state index >= 15 is 0 Å². The normalized spacial score (nSPS) is 10.4. The molecule has 0 heterocycles. The van der Waals surface area contributed by atoms with Crippen LogP contribution in [0.25, 0.3) is 10.8 Å². The summed E-state index contributed by atoms with van der Waals surface area (Å²) in [7, 11) is 0. The lowest BCUT2D eigenvalue weighted by atomic mass is 10.00. The Morgan fingerprint density at radius 3 is 1.72 bits per heavy atom.